The van der Waals surface area contributed by atoms with E-state index >= 15 is 0 Å². The molecule has 0 unspecified atom stereocenters. The van der Waals surface area contributed by atoms with Crippen molar-refractivity contribution >= 4 is 28.3 Å². The van der Waals surface area contributed by atoms with Crippen LogP contribution in [0.1, 0.15) is 10.4 Å². The number of nitro groups is 2. The van der Waals surface area contributed by atoms with E-state index in [1.807, 2.05) is 0 Å². The smallest absolute Gasteiger partial charge is 0.338 e. The third-order valence-electron chi connectivity index (χ3n) is 2.62. The van der Waals surface area contributed by atoms with Gasteiger partial charge in [-0.15, -0.1) is 0 Å². The van der Waals surface area contributed by atoms with E-state index in [2.05, 4.69) is 4.74 Å². The minimum Gasteiger partial charge on any atom is -0.465 e. The fourth-order valence-electron chi connectivity index (χ4n) is 1.75. The van der Waals surface area contributed by atoms with Crippen LogP contribution in [-0.4, -0.2) is 22.9 Å². The zero-order valence-electron chi connectivity index (χ0n) is 10.4. The predicted octanol–water partition coefficient (Wildman–Crippen LogP) is 1.40. The van der Waals surface area contributed by atoms with E-state index in [0.29, 0.717) is 6.07 Å². The minimum atomic E-state index is -1.01. The average Bonchev–Trinajstić information content (AvgIpc) is 2.44. The molecule has 0 saturated heterocycles. The Morgan fingerprint density at radius 3 is 2.38 bits per heavy atom. The van der Waals surface area contributed by atoms with Crippen LogP contribution < -0.4 is 5.63 Å². The third kappa shape index (κ3) is 2.41. The number of benzene rings is 1. The highest BCUT2D eigenvalue weighted by molar-refractivity contribution is 6.05. The van der Waals surface area contributed by atoms with Crippen molar-refractivity contribution in [1.29, 1.82) is 0 Å². The second-order valence-corrected chi connectivity index (χ2v) is 3.83. The van der Waals surface area contributed by atoms with Crippen molar-refractivity contribution in [2.45, 2.75) is 0 Å². The van der Waals surface area contributed by atoms with Crippen LogP contribution in [0.3, 0.4) is 0 Å². The number of non-ortho nitro benzene ring substituents is 2. The van der Waals surface area contributed by atoms with Gasteiger partial charge in [-0.25, -0.2) is 9.59 Å². The quantitative estimate of drug-likeness (QED) is 0.357. The second kappa shape index (κ2) is 5.00. The number of esters is 1. The van der Waals surface area contributed by atoms with Gasteiger partial charge in [0.05, 0.1) is 28.6 Å². The number of rotatable bonds is 3. The Hall–Kier alpha value is -3.30. The molecule has 108 valence electrons. The summed E-state index contributed by atoms with van der Waals surface area (Å²) in [6.07, 6.45) is 0. The van der Waals surface area contributed by atoms with Gasteiger partial charge in [0.25, 0.3) is 5.69 Å². The fraction of sp³-hybridized carbons (Fsp3) is 0.0909. The Labute approximate surface area is 114 Å². The highest BCUT2D eigenvalue weighted by atomic mass is 16.6. The molecule has 0 aliphatic heterocycles. The number of hydrogen-bond acceptors (Lipinski definition) is 8. The van der Waals surface area contributed by atoms with E-state index in [1.165, 1.54) is 0 Å². The Balaban J connectivity index is 3.00. The standard InChI is InChI=1S/C11H6N2O8/c1-20-11(15)7-4-9(14)21-10-6(7)2-5(12(16)17)3-8(10)13(18)19/h2-4H,1H3. The molecule has 0 radical (unpaired) electrons. The molecule has 0 N–H and O–H groups in total. The first kappa shape index (κ1) is 14.1. The molecular formula is C11H6N2O8. The van der Waals surface area contributed by atoms with E-state index < -0.39 is 38.4 Å². The number of carbonyl (C=O) groups excluding carboxylic acids is 1. The summed E-state index contributed by atoms with van der Waals surface area (Å²) in [5, 5.41) is 21.5. The van der Waals surface area contributed by atoms with Gasteiger partial charge in [0.1, 0.15) is 0 Å². The lowest BCUT2D eigenvalue weighted by Crippen LogP contribution is -2.09. The monoisotopic (exact) mass is 294 g/mol. The SMILES string of the molecule is COC(=O)c1cc(=O)oc2c([N+](=O)[O-])cc([N+](=O)[O-])cc12. The van der Waals surface area contributed by atoms with Gasteiger partial charge in [-0.3, -0.25) is 20.2 Å². The molecule has 0 aliphatic rings. The fourth-order valence-corrected chi connectivity index (χ4v) is 1.75. The van der Waals surface area contributed by atoms with Gasteiger partial charge in [0.15, 0.2) is 0 Å². The molecule has 0 spiro atoms. The van der Waals surface area contributed by atoms with Gasteiger partial charge in [-0.2, -0.15) is 0 Å². The summed E-state index contributed by atoms with van der Waals surface area (Å²) in [5.74, 6) is -0.970. The van der Waals surface area contributed by atoms with Crippen LogP contribution in [0.5, 0.6) is 0 Å². The van der Waals surface area contributed by atoms with Crippen LogP contribution in [0.4, 0.5) is 11.4 Å². The zero-order valence-corrected chi connectivity index (χ0v) is 10.4. The van der Waals surface area contributed by atoms with Crippen LogP contribution in [0.15, 0.2) is 27.4 Å². The normalized spacial score (nSPS) is 10.3. The molecule has 2 rings (SSSR count). The summed E-state index contributed by atoms with van der Waals surface area (Å²) in [6.45, 7) is 0. The summed E-state index contributed by atoms with van der Waals surface area (Å²) in [5.41, 5.74) is -3.30. The topological polar surface area (TPSA) is 143 Å². The molecule has 10 nitrogen and oxygen atoms in total. The molecule has 10 heteroatoms. The number of nitrogens with zero attached hydrogens (tertiary/aromatic N) is 2. The van der Waals surface area contributed by atoms with Gasteiger partial charge < -0.3 is 9.15 Å². The molecular weight excluding hydrogens is 288 g/mol. The van der Waals surface area contributed by atoms with Crippen molar-refractivity contribution in [1.82, 2.24) is 0 Å². The first-order valence-corrected chi connectivity index (χ1v) is 5.34. The largest absolute Gasteiger partial charge is 0.465 e. The maximum absolute atomic E-state index is 11.6. The van der Waals surface area contributed by atoms with Gasteiger partial charge in [0, 0.05) is 17.5 Å². The molecule has 1 aromatic heterocycles. The second-order valence-electron chi connectivity index (χ2n) is 3.83. The maximum atomic E-state index is 11.6. The number of fused-ring (bicyclic) bond motifs is 1. The maximum Gasteiger partial charge on any atom is 0.338 e. The van der Waals surface area contributed by atoms with Crippen molar-refractivity contribution in [3.8, 4) is 0 Å². The average molecular weight is 294 g/mol. The first-order chi connectivity index (χ1) is 9.85. The van der Waals surface area contributed by atoms with Gasteiger partial charge in [0.2, 0.25) is 5.58 Å². The summed E-state index contributed by atoms with van der Waals surface area (Å²) >= 11 is 0. The predicted molar refractivity (Wildman–Crippen MR) is 67.1 cm³/mol. The van der Waals surface area contributed by atoms with E-state index in [0.717, 1.165) is 19.2 Å². The lowest BCUT2D eigenvalue weighted by Gasteiger charge is -2.04. The number of ether oxygens (including phenoxy) is 1. The van der Waals surface area contributed by atoms with Crippen molar-refractivity contribution in [2.24, 2.45) is 0 Å². The van der Waals surface area contributed by atoms with Crippen molar-refractivity contribution in [3.05, 3.63) is 54.4 Å². The Morgan fingerprint density at radius 2 is 1.86 bits per heavy atom. The van der Waals surface area contributed by atoms with Crippen molar-refractivity contribution in [2.75, 3.05) is 7.11 Å². The summed E-state index contributed by atoms with van der Waals surface area (Å²) in [6, 6.07) is 2.30. The van der Waals surface area contributed by atoms with Crippen LogP contribution in [-0.2, 0) is 4.74 Å². The van der Waals surface area contributed by atoms with Crippen molar-refractivity contribution < 1.29 is 23.8 Å². The van der Waals surface area contributed by atoms with Crippen molar-refractivity contribution in [3.63, 3.8) is 0 Å². The molecule has 0 fully saturated rings. The Morgan fingerprint density at radius 1 is 1.19 bits per heavy atom. The number of nitro benzene ring substituents is 2. The van der Waals surface area contributed by atoms with E-state index in [9.17, 15) is 29.8 Å². The lowest BCUT2D eigenvalue weighted by atomic mass is 10.1. The number of hydrogen-bond donors (Lipinski definition) is 0. The van der Waals surface area contributed by atoms with E-state index in [4.69, 9.17) is 4.42 Å². The summed E-state index contributed by atoms with van der Waals surface area (Å²) < 4.78 is 9.14. The lowest BCUT2D eigenvalue weighted by molar-refractivity contribution is -0.393. The van der Waals surface area contributed by atoms with E-state index in [1.54, 1.807) is 0 Å². The zero-order chi connectivity index (χ0) is 15.7. The van der Waals surface area contributed by atoms with Gasteiger partial charge in [-0.1, -0.05) is 0 Å². The molecule has 0 saturated carbocycles. The molecule has 0 amide bonds. The highest BCUT2D eigenvalue weighted by Crippen LogP contribution is 2.32. The Bertz CT molecular complexity index is 838. The molecule has 2 aromatic rings. The summed E-state index contributed by atoms with van der Waals surface area (Å²) in [4.78, 5) is 42.9. The minimum absolute atomic E-state index is 0.248. The molecule has 21 heavy (non-hydrogen) atoms. The molecule has 1 heterocycles. The molecule has 1 aromatic carbocycles. The van der Waals surface area contributed by atoms with E-state index in [-0.39, 0.29) is 10.9 Å². The molecule has 0 aliphatic carbocycles. The highest BCUT2D eigenvalue weighted by Gasteiger charge is 2.25. The van der Waals surface area contributed by atoms with Crippen LogP contribution in [0, 0.1) is 20.2 Å². The van der Waals surface area contributed by atoms with Crippen LogP contribution in [0.25, 0.3) is 11.0 Å². The van der Waals surface area contributed by atoms with Gasteiger partial charge >= 0.3 is 17.3 Å². The number of carbonyl (C=O) groups is 1. The summed E-state index contributed by atoms with van der Waals surface area (Å²) in [7, 11) is 1.04. The first-order valence-electron chi connectivity index (χ1n) is 5.34. The number of methoxy groups -OCH3 is 1. The van der Waals surface area contributed by atoms with Gasteiger partial charge in [-0.05, 0) is 0 Å². The Kier molecular flexibility index (Phi) is 3.36. The van der Waals surface area contributed by atoms with Crippen LogP contribution in [0.2, 0.25) is 0 Å². The third-order valence-corrected chi connectivity index (χ3v) is 2.62. The van der Waals surface area contributed by atoms with Crippen LogP contribution >= 0.6 is 0 Å². The molecule has 0 bridgehead atoms. The molecule has 0 atom stereocenters.